The number of amides is 1. The second kappa shape index (κ2) is 6.05. The number of pyridine rings is 1. The molecule has 1 aliphatic rings. The summed E-state index contributed by atoms with van der Waals surface area (Å²) >= 11 is 0. The number of carbonyl (C=O) groups excluding carboxylic acids is 1. The number of carboxylic acid groups (broad SMARTS) is 1. The van der Waals surface area contributed by atoms with Gasteiger partial charge in [0.25, 0.3) is 5.91 Å². The van der Waals surface area contributed by atoms with Crippen molar-refractivity contribution in [2.24, 2.45) is 5.92 Å². The molecule has 0 atom stereocenters. The molecule has 0 aromatic carbocycles. The van der Waals surface area contributed by atoms with Gasteiger partial charge in [0.15, 0.2) is 0 Å². The van der Waals surface area contributed by atoms with Crippen LogP contribution in [0.5, 0.6) is 0 Å². The first-order chi connectivity index (χ1) is 11.7. The van der Waals surface area contributed by atoms with Gasteiger partial charge in [-0.05, 0) is 31.9 Å². The van der Waals surface area contributed by atoms with E-state index >= 15 is 0 Å². The molecule has 0 aliphatic carbocycles. The predicted octanol–water partition coefficient (Wildman–Crippen LogP) is 2.60. The number of aromatic nitrogens is 2. The van der Waals surface area contributed by atoms with Crippen molar-refractivity contribution in [2.75, 3.05) is 13.1 Å². The van der Waals surface area contributed by atoms with Crippen molar-refractivity contribution in [1.82, 2.24) is 14.3 Å². The minimum absolute atomic E-state index is 0.0786. The van der Waals surface area contributed by atoms with Crippen LogP contribution in [0.4, 0.5) is 13.2 Å². The lowest BCUT2D eigenvalue weighted by Gasteiger charge is -2.30. The molecule has 1 fully saturated rings. The highest BCUT2D eigenvalue weighted by molar-refractivity contribution is 5.95. The number of halogens is 3. The molecule has 1 N–H and O–H groups in total. The Morgan fingerprint density at radius 1 is 1.24 bits per heavy atom. The number of aryl methyl sites for hydroxylation is 1. The summed E-state index contributed by atoms with van der Waals surface area (Å²) < 4.78 is 40.0. The first-order valence-electron chi connectivity index (χ1n) is 7.76. The number of likely N-dealkylation sites (tertiary alicyclic amines) is 1. The normalized spacial score (nSPS) is 16.4. The molecular weight excluding hydrogens is 339 g/mol. The minimum atomic E-state index is -4.52. The molecule has 1 amide bonds. The summed E-state index contributed by atoms with van der Waals surface area (Å²) in [6.07, 6.45) is -3.01. The number of fused-ring (bicyclic) bond motifs is 1. The average molecular weight is 355 g/mol. The summed E-state index contributed by atoms with van der Waals surface area (Å²) in [5, 5.41) is 9.02. The second-order valence-corrected chi connectivity index (χ2v) is 6.09. The smallest absolute Gasteiger partial charge is 0.417 e. The first-order valence-corrected chi connectivity index (χ1v) is 7.76. The third-order valence-electron chi connectivity index (χ3n) is 4.45. The summed E-state index contributed by atoms with van der Waals surface area (Å²) in [5.74, 6) is -1.83. The Morgan fingerprint density at radius 2 is 1.88 bits per heavy atom. The molecule has 0 spiro atoms. The Bertz CT molecular complexity index is 836. The molecule has 1 aliphatic heterocycles. The lowest BCUT2D eigenvalue weighted by atomic mass is 9.97. The van der Waals surface area contributed by atoms with Crippen LogP contribution in [0.1, 0.15) is 34.6 Å². The van der Waals surface area contributed by atoms with E-state index in [4.69, 9.17) is 5.11 Å². The standard InChI is InChI=1S/C16H16F3N3O3/c1-9-13(14(23)21-6-4-10(5-7-21)15(24)25)22-8-11(16(17,18)19)2-3-12(22)20-9/h2-3,8,10H,4-7H2,1H3,(H,24,25). The monoisotopic (exact) mass is 355 g/mol. The fourth-order valence-corrected chi connectivity index (χ4v) is 3.07. The molecule has 2 aromatic heterocycles. The zero-order chi connectivity index (χ0) is 18.4. The van der Waals surface area contributed by atoms with Crippen LogP contribution in [-0.4, -0.2) is 44.4 Å². The largest absolute Gasteiger partial charge is 0.481 e. The summed E-state index contributed by atoms with van der Waals surface area (Å²) in [5.41, 5.74) is -0.190. The van der Waals surface area contributed by atoms with Crippen LogP contribution in [0.15, 0.2) is 18.3 Å². The third kappa shape index (κ3) is 3.18. The minimum Gasteiger partial charge on any atom is -0.481 e. The van der Waals surface area contributed by atoms with Crippen molar-refractivity contribution >= 4 is 17.5 Å². The molecular formula is C16H16F3N3O3. The van der Waals surface area contributed by atoms with E-state index in [9.17, 15) is 22.8 Å². The van der Waals surface area contributed by atoms with E-state index in [1.54, 1.807) is 6.92 Å². The third-order valence-corrected chi connectivity index (χ3v) is 4.45. The van der Waals surface area contributed by atoms with Crippen LogP contribution in [0.3, 0.4) is 0 Å². The van der Waals surface area contributed by atoms with Crippen molar-refractivity contribution in [3.05, 3.63) is 35.3 Å². The molecule has 25 heavy (non-hydrogen) atoms. The number of carbonyl (C=O) groups is 2. The molecule has 0 bridgehead atoms. The van der Waals surface area contributed by atoms with Crippen molar-refractivity contribution in [3.63, 3.8) is 0 Å². The Labute approximate surface area is 140 Å². The van der Waals surface area contributed by atoms with Crippen LogP contribution >= 0.6 is 0 Å². The molecule has 6 nitrogen and oxygen atoms in total. The van der Waals surface area contributed by atoms with Crippen LogP contribution in [-0.2, 0) is 11.0 Å². The van der Waals surface area contributed by atoms with E-state index < -0.39 is 29.5 Å². The molecule has 1 saturated heterocycles. The zero-order valence-corrected chi connectivity index (χ0v) is 13.4. The molecule has 0 unspecified atom stereocenters. The fraction of sp³-hybridized carbons (Fsp3) is 0.438. The number of rotatable bonds is 2. The van der Waals surface area contributed by atoms with E-state index in [0.29, 0.717) is 18.5 Å². The van der Waals surface area contributed by atoms with Gasteiger partial charge in [-0.3, -0.25) is 14.0 Å². The number of imidazole rings is 1. The second-order valence-electron chi connectivity index (χ2n) is 6.09. The number of aliphatic carboxylic acids is 1. The van der Waals surface area contributed by atoms with Crippen molar-refractivity contribution < 1.29 is 27.9 Å². The van der Waals surface area contributed by atoms with Crippen molar-refractivity contribution in [3.8, 4) is 0 Å². The van der Waals surface area contributed by atoms with Gasteiger partial charge in [-0.2, -0.15) is 13.2 Å². The summed E-state index contributed by atoms with van der Waals surface area (Å²) in [7, 11) is 0. The lowest BCUT2D eigenvalue weighted by molar-refractivity contribution is -0.143. The Hall–Kier alpha value is -2.58. The van der Waals surface area contributed by atoms with Gasteiger partial charge in [-0.1, -0.05) is 0 Å². The highest BCUT2D eigenvalue weighted by atomic mass is 19.4. The molecule has 0 saturated carbocycles. The van der Waals surface area contributed by atoms with Gasteiger partial charge in [0.2, 0.25) is 0 Å². The van der Waals surface area contributed by atoms with Crippen LogP contribution in [0.25, 0.3) is 5.65 Å². The van der Waals surface area contributed by atoms with E-state index in [0.717, 1.165) is 16.7 Å². The first kappa shape index (κ1) is 17.2. The maximum absolute atomic E-state index is 12.9. The van der Waals surface area contributed by atoms with Crippen LogP contribution in [0, 0.1) is 12.8 Å². The number of alkyl halides is 3. The molecule has 2 aromatic rings. The van der Waals surface area contributed by atoms with Gasteiger partial charge in [0.05, 0.1) is 17.2 Å². The maximum Gasteiger partial charge on any atom is 0.417 e. The number of hydrogen-bond acceptors (Lipinski definition) is 3. The SMILES string of the molecule is Cc1nc2ccc(C(F)(F)F)cn2c1C(=O)N1CCC(C(=O)O)CC1. The quantitative estimate of drug-likeness (QED) is 0.899. The predicted molar refractivity (Wildman–Crippen MR) is 81.2 cm³/mol. The topological polar surface area (TPSA) is 74.9 Å². The van der Waals surface area contributed by atoms with Crippen molar-refractivity contribution in [2.45, 2.75) is 25.9 Å². The number of hydrogen-bond donors (Lipinski definition) is 1. The van der Waals surface area contributed by atoms with Crippen LogP contribution in [0.2, 0.25) is 0 Å². The number of nitrogens with zero attached hydrogens (tertiary/aromatic N) is 3. The highest BCUT2D eigenvalue weighted by Gasteiger charge is 2.33. The van der Waals surface area contributed by atoms with Gasteiger partial charge in [-0.25, -0.2) is 4.98 Å². The molecule has 3 heterocycles. The Kier molecular flexibility index (Phi) is 4.18. The maximum atomic E-state index is 12.9. The number of piperidine rings is 1. The summed E-state index contributed by atoms with van der Waals surface area (Å²) in [6.45, 7) is 2.07. The average Bonchev–Trinajstić information content (AvgIpc) is 2.88. The zero-order valence-electron chi connectivity index (χ0n) is 13.4. The number of carboxylic acids is 1. The summed E-state index contributed by atoms with van der Waals surface area (Å²) in [6, 6.07) is 2.15. The Balaban J connectivity index is 1.93. The van der Waals surface area contributed by atoms with E-state index in [1.165, 1.54) is 11.0 Å². The van der Waals surface area contributed by atoms with Gasteiger partial charge < -0.3 is 10.0 Å². The van der Waals surface area contributed by atoms with Gasteiger partial charge in [0, 0.05) is 19.3 Å². The lowest BCUT2D eigenvalue weighted by Crippen LogP contribution is -2.40. The summed E-state index contributed by atoms with van der Waals surface area (Å²) in [4.78, 5) is 29.4. The highest BCUT2D eigenvalue weighted by Crippen LogP contribution is 2.30. The van der Waals surface area contributed by atoms with Crippen LogP contribution < -0.4 is 0 Å². The van der Waals surface area contributed by atoms with E-state index in [-0.39, 0.29) is 24.4 Å². The molecule has 9 heteroatoms. The Morgan fingerprint density at radius 3 is 2.44 bits per heavy atom. The van der Waals surface area contributed by atoms with Gasteiger partial charge in [0.1, 0.15) is 11.3 Å². The van der Waals surface area contributed by atoms with E-state index in [1.807, 2.05) is 0 Å². The van der Waals surface area contributed by atoms with Gasteiger partial charge in [-0.15, -0.1) is 0 Å². The van der Waals surface area contributed by atoms with E-state index in [2.05, 4.69) is 4.98 Å². The molecule has 0 radical (unpaired) electrons. The molecule has 134 valence electrons. The molecule has 3 rings (SSSR count). The fourth-order valence-electron chi connectivity index (χ4n) is 3.07. The van der Waals surface area contributed by atoms with Crippen molar-refractivity contribution in [1.29, 1.82) is 0 Å². The van der Waals surface area contributed by atoms with Gasteiger partial charge >= 0.3 is 12.1 Å².